The lowest BCUT2D eigenvalue weighted by atomic mass is 10.4. The molecule has 1 aromatic heterocycles. The maximum Gasteiger partial charge on any atom is 0.225 e. The van der Waals surface area contributed by atoms with Crippen LogP contribution in [0, 0.1) is 0 Å². The van der Waals surface area contributed by atoms with E-state index in [0.29, 0.717) is 11.7 Å². The van der Waals surface area contributed by atoms with Gasteiger partial charge in [0.2, 0.25) is 11.8 Å². The van der Waals surface area contributed by atoms with E-state index in [0.717, 1.165) is 19.1 Å². The van der Waals surface area contributed by atoms with Crippen molar-refractivity contribution in [2.24, 2.45) is 0 Å². The molecule has 6 heteroatoms. The molecular weight excluding hydrogens is 218 g/mol. The lowest BCUT2D eigenvalue weighted by Gasteiger charge is -2.16. The van der Waals surface area contributed by atoms with E-state index < -0.39 is 0 Å². The molecule has 0 aromatic carbocycles. The number of nitrogen functional groups attached to an aromatic ring is 1. The van der Waals surface area contributed by atoms with Crippen LogP contribution in [0.5, 0.6) is 5.88 Å². The normalized spacial score (nSPS) is 15.0. The molecule has 1 aliphatic carbocycles. The Morgan fingerprint density at radius 3 is 2.94 bits per heavy atom. The molecular formula is C11H19N5O. The predicted octanol–water partition coefficient (Wildman–Crippen LogP) is 0.573. The number of nitrogens with two attached hydrogens (primary N) is 1. The molecule has 0 radical (unpaired) electrons. The number of hydrogen-bond acceptors (Lipinski definition) is 6. The van der Waals surface area contributed by atoms with E-state index in [1.165, 1.54) is 12.8 Å². The molecule has 1 aromatic rings. The first-order valence-corrected chi connectivity index (χ1v) is 5.81. The summed E-state index contributed by atoms with van der Waals surface area (Å²) in [7, 11) is 3.71. The minimum Gasteiger partial charge on any atom is -0.481 e. The Hall–Kier alpha value is -1.56. The van der Waals surface area contributed by atoms with Crippen LogP contribution < -0.4 is 15.8 Å². The lowest BCUT2D eigenvalue weighted by Crippen LogP contribution is -2.27. The maximum absolute atomic E-state index is 5.57. The van der Waals surface area contributed by atoms with Crippen LogP contribution in [0.1, 0.15) is 12.8 Å². The highest BCUT2D eigenvalue weighted by molar-refractivity contribution is 5.42. The second-order valence-corrected chi connectivity index (χ2v) is 4.29. The van der Waals surface area contributed by atoms with Gasteiger partial charge >= 0.3 is 0 Å². The molecule has 0 bridgehead atoms. The summed E-state index contributed by atoms with van der Waals surface area (Å²) >= 11 is 0. The SMILES string of the molecule is COc1cc(NCCN(C)C2CC2)nc(N)n1. The third-order valence-corrected chi connectivity index (χ3v) is 2.87. The van der Waals surface area contributed by atoms with Crippen LogP contribution in [0.3, 0.4) is 0 Å². The van der Waals surface area contributed by atoms with Gasteiger partial charge in [0.05, 0.1) is 7.11 Å². The van der Waals surface area contributed by atoms with Crippen LogP contribution in [0.25, 0.3) is 0 Å². The Bertz CT molecular complexity index is 380. The van der Waals surface area contributed by atoms with Crippen molar-refractivity contribution < 1.29 is 4.74 Å². The van der Waals surface area contributed by atoms with Crippen LogP contribution in [0.15, 0.2) is 6.07 Å². The van der Waals surface area contributed by atoms with E-state index >= 15 is 0 Å². The quantitative estimate of drug-likeness (QED) is 0.753. The zero-order valence-electron chi connectivity index (χ0n) is 10.3. The number of nitrogens with zero attached hydrogens (tertiary/aromatic N) is 3. The van der Waals surface area contributed by atoms with Gasteiger partial charge in [0.25, 0.3) is 0 Å². The number of ether oxygens (including phenoxy) is 1. The summed E-state index contributed by atoms with van der Waals surface area (Å²) < 4.78 is 5.03. The largest absolute Gasteiger partial charge is 0.481 e. The molecule has 1 aliphatic rings. The molecule has 0 amide bonds. The van der Waals surface area contributed by atoms with E-state index in [4.69, 9.17) is 10.5 Å². The first-order chi connectivity index (χ1) is 8.19. The number of nitrogens with one attached hydrogen (secondary N) is 1. The molecule has 0 unspecified atom stereocenters. The van der Waals surface area contributed by atoms with Gasteiger partial charge in [-0.2, -0.15) is 9.97 Å². The van der Waals surface area contributed by atoms with Gasteiger partial charge in [0.15, 0.2) is 0 Å². The van der Waals surface area contributed by atoms with Crippen molar-refractivity contribution in [2.75, 3.05) is 38.3 Å². The first kappa shape index (κ1) is 11.9. The molecule has 0 saturated heterocycles. The fourth-order valence-corrected chi connectivity index (χ4v) is 1.70. The second kappa shape index (κ2) is 5.18. The van der Waals surface area contributed by atoms with Crippen molar-refractivity contribution in [3.63, 3.8) is 0 Å². The van der Waals surface area contributed by atoms with Crippen LogP contribution in [0.2, 0.25) is 0 Å². The number of aromatic nitrogens is 2. The summed E-state index contributed by atoms with van der Waals surface area (Å²) in [6.45, 7) is 1.84. The van der Waals surface area contributed by atoms with Crippen LogP contribution in [-0.4, -0.2) is 48.2 Å². The van der Waals surface area contributed by atoms with Crippen molar-refractivity contribution in [1.29, 1.82) is 0 Å². The van der Waals surface area contributed by atoms with Gasteiger partial charge in [0, 0.05) is 25.2 Å². The van der Waals surface area contributed by atoms with E-state index in [9.17, 15) is 0 Å². The summed E-state index contributed by atoms with van der Waals surface area (Å²) in [5.74, 6) is 1.41. The highest BCUT2D eigenvalue weighted by Gasteiger charge is 2.25. The Balaban J connectivity index is 1.83. The molecule has 17 heavy (non-hydrogen) atoms. The van der Waals surface area contributed by atoms with Gasteiger partial charge in [-0.3, -0.25) is 0 Å². The number of anilines is 2. The standard InChI is InChI=1S/C11H19N5O/c1-16(8-3-4-8)6-5-13-9-7-10(17-2)15-11(12)14-9/h7-8H,3-6H2,1-2H3,(H3,12,13,14,15). The predicted molar refractivity (Wildman–Crippen MR) is 67.1 cm³/mol. The maximum atomic E-state index is 5.57. The molecule has 94 valence electrons. The zero-order chi connectivity index (χ0) is 12.3. The summed E-state index contributed by atoms with van der Waals surface area (Å²) in [6.07, 6.45) is 2.65. The Morgan fingerprint density at radius 1 is 1.53 bits per heavy atom. The molecule has 1 heterocycles. The molecule has 1 fully saturated rings. The molecule has 3 N–H and O–H groups in total. The fourth-order valence-electron chi connectivity index (χ4n) is 1.70. The minimum atomic E-state index is 0.224. The van der Waals surface area contributed by atoms with E-state index in [2.05, 4.69) is 27.2 Å². The summed E-state index contributed by atoms with van der Waals surface area (Å²) in [5, 5.41) is 3.22. The van der Waals surface area contributed by atoms with Gasteiger partial charge in [0.1, 0.15) is 5.82 Å². The monoisotopic (exact) mass is 237 g/mol. The van der Waals surface area contributed by atoms with Gasteiger partial charge in [-0.05, 0) is 19.9 Å². The Morgan fingerprint density at radius 2 is 2.29 bits per heavy atom. The zero-order valence-corrected chi connectivity index (χ0v) is 10.3. The second-order valence-electron chi connectivity index (χ2n) is 4.29. The smallest absolute Gasteiger partial charge is 0.225 e. The van der Waals surface area contributed by atoms with Gasteiger partial charge in [-0.1, -0.05) is 0 Å². The summed E-state index contributed by atoms with van der Waals surface area (Å²) in [4.78, 5) is 10.4. The number of methoxy groups -OCH3 is 1. The highest BCUT2D eigenvalue weighted by atomic mass is 16.5. The van der Waals surface area contributed by atoms with Crippen molar-refractivity contribution >= 4 is 11.8 Å². The fraction of sp³-hybridized carbons (Fsp3) is 0.636. The first-order valence-electron chi connectivity index (χ1n) is 5.81. The van der Waals surface area contributed by atoms with E-state index in [1.807, 2.05) is 0 Å². The Labute approximate surface area is 101 Å². The molecule has 0 atom stereocenters. The number of hydrogen-bond donors (Lipinski definition) is 2. The molecule has 6 nitrogen and oxygen atoms in total. The van der Waals surface area contributed by atoms with Crippen molar-refractivity contribution in [1.82, 2.24) is 14.9 Å². The topological polar surface area (TPSA) is 76.3 Å². The van der Waals surface area contributed by atoms with Crippen LogP contribution in [-0.2, 0) is 0 Å². The van der Waals surface area contributed by atoms with Gasteiger partial charge in [-0.15, -0.1) is 0 Å². The third kappa shape index (κ3) is 3.45. The summed E-state index contributed by atoms with van der Waals surface area (Å²) in [6, 6.07) is 2.52. The van der Waals surface area contributed by atoms with Crippen molar-refractivity contribution in [3.05, 3.63) is 6.07 Å². The van der Waals surface area contributed by atoms with Crippen LogP contribution in [0.4, 0.5) is 11.8 Å². The Kier molecular flexibility index (Phi) is 3.63. The molecule has 1 saturated carbocycles. The minimum absolute atomic E-state index is 0.224. The van der Waals surface area contributed by atoms with E-state index in [-0.39, 0.29) is 5.95 Å². The number of rotatable bonds is 6. The summed E-state index contributed by atoms with van der Waals surface area (Å²) in [5.41, 5.74) is 5.57. The highest BCUT2D eigenvalue weighted by Crippen LogP contribution is 2.24. The molecule has 2 rings (SSSR count). The molecule has 0 spiro atoms. The average Bonchev–Trinajstić information content (AvgIpc) is 3.12. The van der Waals surface area contributed by atoms with Gasteiger partial charge in [-0.25, -0.2) is 0 Å². The van der Waals surface area contributed by atoms with Crippen LogP contribution >= 0.6 is 0 Å². The van der Waals surface area contributed by atoms with Crippen molar-refractivity contribution in [2.45, 2.75) is 18.9 Å². The average molecular weight is 237 g/mol. The molecule has 0 aliphatic heterocycles. The number of likely N-dealkylation sites (N-methyl/N-ethyl adjacent to an activating group) is 1. The van der Waals surface area contributed by atoms with Gasteiger partial charge < -0.3 is 20.7 Å². The van der Waals surface area contributed by atoms with E-state index in [1.54, 1.807) is 13.2 Å². The lowest BCUT2D eigenvalue weighted by molar-refractivity contribution is 0.337. The van der Waals surface area contributed by atoms with Crippen molar-refractivity contribution in [3.8, 4) is 5.88 Å². The third-order valence-electron chi connectivity index (χ3n) is 2.87.